The maximum atomic E-state index is 5.25. The van der Waals surface area contributed by atoms with E-state index in [0.29, 0.717) is 6.54 Å². The fraction of sp³-hybridized carbons (Fsp3) is 0.348. The molecule has 1 aliphatic heterocycles. The molecule has 7 nitrogen and oxygen atoms in total. The molecule has 0 saturated heterocycles. The van der Waals surface area contributed by atoms with Gasteiger partial charge in [-0.25, -0.2) is 4.99 Å². The van der Waals surface area contributed by atoms with Crippen molar-refractivity contribution in [1.29, 1.82) is 0 Å². The molecule has 0 radical (unpaired) electrons. The number of ether oxygens (including phenoxy) is 1. The number of benzene rings is 2. The van der Waals surface area contributed by atoms with Crippen LogP contribution in [0.4, 0.5) is 5.69 Å². The van der Waals surface area contributed by atoms with Gasteiger partial charge in [-0.15, -0.1) is 10.2 Å². The van der Waals surface area contributed by atoms with E-state index in [1.807, 2.05) is 12.1 Å². The molecule has 1 aromatic heterocycles. The average Bonchev–Trinajstić information content (AvgIpc) is 3.43. The standard InChI is InChI=1S/C23H28N6O/c1-3-22-27-26-17-28(22)15-13-24-23(25-16-18-8-10-20(30-2)11-9-18)29-14-12-19-6-4-5-7-21(19)29/h4-11,17H,3,12-16H2,1-2H3,(H,24,25). The highest BCUT2D eigenvalue weighted by Gasteiger charge is 2.22. The van der Waals surface area contributed by atoms with Gasteiger partial charge in [0.2, 0.25) is 0 Å². The Kier molecular flexibility index (Phi) is 6.27. The van der Waals surface area contributed by atoms with Crippen LogP contribution >= 0.6 is 0 Å². The van der Waals surface area contributed by atoms with Gasteiger partial charge < -0.3 is 19.5 Å². The van der Waals surface area contributed by atoms with Crippen LogP contribution in [0.15, 0.2) is 59.9 Å². The second-order valence-corrected chi connectivity index (χ2v) is 7.24. The van der Waals surface area contributed by atoms with Gasteiger partial charge in [-0.05, 0) is 35.7 Å². The predicted molar refractivity (Wildman–Crippen MR) is 119 cm³/mol. The van der Waals surface area contributed by atoms with Gasteiger partial charge in [-0.3, -0.25) is 0 Å². The Balaban J connectivity index is 1.50. The molecular formula is C23H28N6O. The van der Waals surface area contributed by atoms with Crippen LogP contribution in [0, 0.1) is 0 Å². The Bertz CT molecular complexity index is 995. The monoisotopic (exact) mass is 404 g/mol. The van der Waals surface area contributed by atoms with E-state index in [2.05, 4.69) is 68.3 Å². The Morgan fingerprint density at radius 3 is 2.80 bits per heavy atom. The minimum Gasteiger partial charge on any atom is -0.497 e. The summed E-state index contributed by atoms with van der Waals surface area (Å²) in [5, 5.41) is 11.7. The first-order valence-electron chi connectivity index (χ1n) is 10.4. The molecule has 0 spiro atoms. The largest absolute Gasteiger partial charge is 0.497 e. The van der Waals surface area contributed by atoms with Gasteiger partial charge in [0.05, 0.1) is 13.7 Å². The van der Waals surface area contributed by atoms with Gasteiger partial charge in [0.25, 0.3) is 0 Å². The van der Waals surface area contributed by atoms with Crippen LogP contribution in [0.3, 0.4) is 0 Å². The molecule has 0 saturated carbocycles. The molecule has 2 aromatic carbocycles. The summed E-state index contributed by atoms with van der Waals surface area (Å²) < 4.78 is 7.34. The van der Waals surface area contributed by atoms with Gasteiger partial charge in [-0.1, -0.05) is 37.3 Å². The zero-order chi connectivity index (χ0) is 20.8. The lowest BCUT2D eigenvalue weighted by molar-refractivity contribution is 0.414. The van der Waals surface area contributed by atoms with E-state index in [-0.39, 0.29) is 0 Å². The molecule has 4 rings (SSSR count). The van der Waals surface area contributed by atoms with E-state index in [1.165, 1.54) is 11.3 Å². The number of nitrogens with zero attached hydrogens (tertiary/aromatic N) is 5. The number of fused-ring (bicyclic) bond motifs is 1. The number of aryl methyl sites for hydroxylation is 1. The van der Waals surface area contributed by atoms with E-state index in [0.717, 1.165) is 55.6 Å². The average molecular weight is 405 g/mol. The van der Waals surface area contributed by atoms with Crippen LogP contribution in [0.5, 0.6) is 5.75 Å². The summed E-state index contributed by atoms with van der Waals surface area (Å²) in [4.78, 5) is 7.23. The minimum absolute atomic E-state index is 0.609. The smallest absolute Gasteiger partial charge is 0.198 e. The van der Waals surface area contributed by atoms with Crippen molar-refractivity contribution in [2.24, 2.45) is 4.99 Å². The van der Waals surface area contributed by atoms with Crippen molar-refractivity contribution >= 4 is 11.6 Å². The van der Waals surface area contributed by atoms with Crippen molar-refractivity contribution in [3.05, 3.63) is 71.8 Å². The molecule has 0 unspecified atom stereocenters. The van der Waals surface area contributed by atoms with Gasteiger partial charge in [-0.2, -0.15) is 0 Å². The van der Waals surface area contributed by atoms with Crippen LogP contribution in [0.2, 0.25) is 0 Å². The number of hydrogen-bond donors (Lipinski definition) is 1. The van der Waals surface area contributed by atoms with Crippen LogP contribution in [-0.4, -0.2) is 40.9 Å². The highest BCUT2D eigenvalue weighted by atomic mass is 16.5. The highest BCUT2D eigenvalue weighted by molar-refractivity contribution is 5.97. The molecule has 1 N–H and O–H groups in total. The quantitative estimate of drug-likeness (QED) is 0.484. The molecule has 1 aliphatic rings. The lowest BCUT2D eigenvalue weighted by atomic mass is 10.2. The first kappa shape index (κ1) is 19.9. The third kappa shape index (κ3) is 4.45. The maximum Gasteiger partial charge on any atom is 0.198 e. The fourth-order valence-corrected chi connectivity index (χ4v) is 3.72. The van der Waals surface area contributed by atoms with Crippen LogP contribution in [0.25, 0.3) is 0 Å². The van der Waals surface area contributed by atoms with Gasteiger partial charge in [0, 0.05) is 31.7 Å². The van der Waals surface area contributed by atoms with Crippen molar-refractivity contribution in [1.82, 2.24) is 20.1 Å². The van der Waals surface area contributed by atoms with E-state index in [4.69, 9.17) is 9.73 Å². The lowest BCUT2D eigenvalue weighted by Gasteiger charge is -2.23. The number of aliphatic imine (C=N–C) groups is 1. The van der Waals surface area contributed by atoms with E-state index in [9.17, 15) is 0 Å². The van der Waals surface area contributed by atoms with Crippen LogP contribution < -0.4 is 15.0 Å². The lowest BCUT2D eigenvalue weighted by Crippen LogP contribution is -2.42. The summed E-state index contributed by atoms with van der Waals surface area (Å²) in [6, 6.07) is 16.6. The van der Waals surface area contributed by atoms with Gasteiger partial charge in [0.15, 0.2) is 5.96 Å². The SMILES string of the molecule is CCc1nncn1CCNC(=NCc1ccc(OC)cc1)N1CCc2ccccc21. The van der Waals surface area contributed by atoms with E-state index < -0.39 is 0 Å². The summed E-state index contributed by atoms with van der Waals surface area (Å²) in [5.41, 5.74) is 3.75. The molecule has 0 aliphatic carbocycles. The number of para-hydroxylation sites is 1. The second-order valence-electron chi connectivity index (χ2n) is 7.24. The van der Waals surface area contributed by atoms with Crippen molar-refractivity contribution in [2.75, 3.05) is 25.1 Å². The second kappa shape index (κ2) is 9.43. The van der Waals surface area contributed by atoms with Crippen LogP contribution in [-0.2, 0) is 25.9 Å². The third-order valence-corrected chi connectivity index (χ3v) is 5.36. The van der Waals surface area contributed by atoms with Gasteiger partial charge >= 0.3 is 0 Å². The highest BCUT2D eigenvalue weighted by Crippen LogP contribution is 2.27. The number of anilines is 1. The Morgan fingerprint density at radius 1 is 1.17 bits per heavy atom. The van der Waals surface area contributed by atoms with Gasteiger partial charge in [0.1, 0.15) is 17.9 Å². The number of hydrogen-bond acceptors (Lipinski definition) is 4. The normalized spacial score (nSPS) is 13.4. The molecule has 0 bridgehead atoms. The summed E-state index contributed by atoms with van der Waals surface area (Å²) in [6.07, 6.45) is 3.70. The van der Waals surface area contributed by atoms with Crippen molar-refractivity contribution in [3.63, 3.8) is 0 Å². The van der Waals surface area contributed by atoms with Crippen LogP contribution in [0.1, 0.15) is 23.9 Å². The molecule has 3 aromatic rings. The summed E-state index contributed by atoms with van der Waals surface area (Å²) in [5.74, 6) is 2.76. The van der Waals surface area contributed by atoms with E-state index in [1.54, 1.807) is 13.4 Å². The zero-order valence-electron chi connectivity index (χ0n) is 17.6. The number of methoxy groups -OCH3 is 1. The molecule has 0 amide bonds. The number of aromatic nitrogens is 3. The Morgan fingerprint density at radius 2 is 2.00 bits per heavy atom. The first-order chi connectivity index (χ1) is 14.8. The first-order valence-corrected chi connectivity index (χ1v) is 10.4. The number of nitrogens with one attached hydrogen (secondary N) is 1. The fourth-order valence-electron chi connectivity index (χ4n) is 3.72. The molecule has 156 valence electrons. The molecule has 7 heteroatoms. The van der Waals surface area contributed by atoms with Crippen molar-refractivity contribution in [2.45, 2.75) is 32.9 Å². The summed E-state index contributed by atoms with van der Waals surface area (Å²) in [6.45, 7) is 5.19. The number of guanidine groups is 1. The predicted octanol–water partition coefficient (Wildman–Crippen LogP) is 3.06. The minimum atomic E-state index is 0.609. The van der Waals surface area contributed by atoms with Crippen molar-refractivity contribution < 1.29 is 4.74 Å². The number of rotatable bonds is 7. The third-order valence-electron chi connectivity index (χ3n) is 5.36. The molecule has 0 fully saturated rings. The molecule has 0 atom stereocenters. The molecule has 2 heterocycles. The molecule has 30 heavy (non-hydrogen) atoms. The molecular weight excluding hydrogens is 376 g/mol. The topological polar surface area (TPSA) is 67.6 Å². The Labute approximate surface area is 177 Å². The Hall–Kier alpha value is -3.35. The van der Waals surface area contributed by atoms with Crippen molar-refractivity contribution in [3.8, 4) is 5.75 Å². The van der Waals surface area contributed by atoms with E-state index >= 15 is 0 Å². The summed E-state index contributed by atoms with van der Waals surface area (Å²) in [7, 11) is 1.68. The maximum absolute atomic E-state index is 5.25. The zero-order valence-corrected chi connectivity index (χ0v) is 17.6. The summed E-state index contributed by atoms with van der Waals surface area (Å²) >= 11 is 0.